The molecule has 0 aromatic heterocycles. The van der Waals surface area contributed by atoms with E-state index in [9.17, 15) is 14.4 Å². The lowest BCUT2D eigenvalue weighted by atomic mass is 9.98. The minimum absolute atomic E-state index is 0.0420. The molecule has 3 aromatic rings. The Morgan fingerprint density at radius 1 is 0.917 bits per heavy atom. The van der Waals surface area contributed by atoms with Gasteiger partial charge in [-0.1, -0.05) is 85.8 Å². The van der Waals surface area contributed by atoms with Crippen LogP contribution in [0, 0.1) is 5.92 Å². The lowest BCUT2D eigenvalue weighted by Gasteiger charge is -2.25. The van der Waals surface area contributed by atoms with Crippen LogP contribution in [0.2, 0.25) is 0 Å². The predicted molar refractivity (Wildman–Crippen MR) is 136 cm³/mol. The van der Waals surface area contributed by atoms with Crippen LogP contribution >= 0.6 is 0 Å². The molecule has 1 unspecified atom stereocenters. The minimum atomic E-state index is -0.967. The van der Waals surface area contributed by atoms with E-state index in [1.807, 2.05) is 54.6 Å². The average molecular weight is 487 g/mol. The van der Waals surface area contributed by atoms with Gasteiger partial charge in [0.25, 0.3) is 0 Å². The van der Waals surface area contributed by atoms with Crippen molar-refractivity contribution in [3.8, 4) is 11.1 Å². The second-order valence-electron chi connectivity index (χ2n) is 9.00. The third-order valence-electron chi connectivity index (χ3n) is 6.44. The molecule has 1 aliphatic carbocycles. The number of carbonyl (C=O) groups is 3. The van der Waals surface area contributed by atoms with Crippen LogP contribution in [0.1, 0.15) is 36.0 Å². The number of benzene rings is 3. The molecular formula is C29H30N2O5. The Morgan fingerprint density at radius 3 is 2.11 bits per heavy atom. The van der Waals surface area contributed by atoms with E-state index < -0.39 is 18.0 Å². The molecule has 4 rings (SSSR count). The van der Waals surface area contributed by atoms with Crippen molar-refractivity contribution in [2.24, 2.45) is 5.92 Å². The Bertz CT molecular complexity index is 1180. The van der Waals surface area contributed by atoms with Gasteiger partial charge in [0.2, 0.25) is 5.91 Å². The summed E-state index contributed by atoms with van der Waals surface area (Å²) >= 11 is 0. The molecular weight excluding hydrogens is 456 g/mol. The minimum Gasteiger partial charge on any atom is -0.481 e. The number of ether oxygens (including phenoxy) is 1. The second kappa shape index (κ2) is 11.5. The fraction of sp³-hybridized carbons (Fsp3) is 0.276. The van der Waals surface area contributed by atoms with Crippen LogP contribution < -0.4 is 5.32 Å². The number of alkyl carbamates (subject to hydrolysis) is 1. The molecule has 3 aromatic carbocycles. The van der Waals surface area contributed by atoms with E-state index >= 15 is 0 Å². The van der Waals surface area contributed by atoms with Gasteiger partial charge in [-0.15, -0.1) is 0 Å². The highest BCUT2D eigenvalue weighted by atomic mass is 16.5. The van der Waals surface area contributed by atoms with Crippen LogP contribution in [-0.2, 0) is 20.9 Å². The molecule has 0 saturated carbocycles. The summed E-state index contributed by atoms with van der Waals surface area (Å²) in [5, 5.41) is 11.8. The number of carbonyl (C=O) groups excluding carboxylic acids is 2. The van der Waals surface area contributed by atoms with Crippen molar-refractivity contribution >= 4 is 18.0 Å². The molecule has 0 spiro atoms. The van der Waals surface area contributed by atoms with Gasteiger partial charge in [0, 0.05) is 25.6 Å². The number of nitrogens with zero attached hydrogens (tertiary/aromatic N) is 1. The highest BCUT2D eigenvalue weighted by Gasteiger charge is 2.29. The Labute approximate surface area is 210 Å². The molecule has 0 heterocycles. The molecule has 36 heavy (non-hydrogen) atoms. The molecule has 2 N–H and O–H groups in total. The Morgan fingerprint density at radius 2 is 1.50 bits per heavy atom. The topological polar surface area (TPSA) is 95.9 Å². The standard InChI is InChI=1S/C29H30N2O5/c1-20(28(34)31(16-15-27(32)33)18-21-9-3-2-4-10-21)17-30-29(35)36-19-26-24-13-7-5-11-22(24)23-12-6-8-14-25(23)26/h2-14,20,26H,15-19H2,1H3,(H,30,35)(H,32,33). The number of carboxylic acid groups (broad SMARTS) is 1. The molecule has 186 valence electrons. The Balaban J connectivity index is 1.32. The van der Waals surface area contributed by atoms with Gasteiger partial charge in [-0.25, -0.2) is 4.79 Å². The maximum Gasteiger partial charge on any atom is 0.407 e. The fourth-order valence-electron chi connectivity index (χ4n) is 4.59. The van der Waals surface area contributed by atoms with Crippen LogP contribution in [0.25, 0.3) is 11.1 Å². The molecule has 0 saturated heterocycles. The van der Waals surface area contributed by atoms with Crippen molar-refractivity contribution in [2.45, 2.75) is 25.8 Å². The van der Waals surface area contributed by atoms with Gasteiger partial charge in [0.15, 0.2) is 0 Å². The number of hydrogen-bond acceptors (Lipinski definition) is 4. The van der Waals surface area contributed by atoms with Crippen LogP contribution in [0.4, 0.5) is 4.79 Å². The van der Waals surface area contributed by atoms with Gasteiger partial charge >= 0.3 is 12.1 Å². The number of rotatable bonds is 10. The Hall–Kier alpha value is -4.13. The number of carboxylic acids is 1. The summed E-state index contributed by atoms with van der Waals surface area (Å²) in [5.41, 5.74) is 5.48. The number of fused-ring (bicyclic) bond motifs is 3. The maximum absolute atomic E-state index is 13.1. The van der Waals surface area contributed by atoms with Crippen molar-refractivity contribution in [1.82, 2.24) is 10.2 Å². The lowest BCUT2D eigenvalue weighted by molar-refractivity contribution is -0.139. The molecule has 1 aliphatic rings. The SMILES string of the molecule is CC(CNC(=O)OCC1c2ccccc2-c2ccccc21)C(=O)N(CCC(=O)O)Cc1ccccc1. The normalized spacial score (nSPS) is 12.8. The summed E-state index contributed by atoms with van der Waals surface area (Å²) in [6.07, 6.45) is -0.734. The average Bonchev–Trinajstić information content (AvgIpc) is 3.22. The van der Waals surface area contributed by atoms with Crippen molar-refractivity contribution in [3.05, 3.63) is 95.6 Å². The van der Waals surface area contributed by atoms with E-state index in [1.54, 1.807) is 6.92 Å². The maximum atomic E-state index is 13.1. The van der Waals surface area contributed by atoms with E-state index in [4.69, 9.17) is 9.84 Å². The van der Waals surface area contributed by atoms with Crippen LogP contribution in [-0.4, -0.2) is 47.7 Å². The molecule has 1 atom stereocenters. The smallest absolute Gasteiger partial charge is 0.407 e. The van der Waals surface area contributed by atoms with Crippen molar-refractivity contribution in [1.29, 1.82) is 0 Å². The van der Waals surface area contributed by atoms with E-state index in [0.717, 1.165) is 27.8 Å². The van der Waals surface area contributed by atoms with Gasteiger partial charge in [-0.2, -0.15) is 0 Å². The van der Waals surface area contributed by atoms with E-state index in [1.165, 1.54) is 4.90 Å². The molecule has 7 heteroatoms. The van der Waals surface area contributed by atoms with Crippen LogP contribution in [0.5, 0.6) is 0 Å². The summed E-state index contributed by atoms with van der Waals surface area (Å²) in [6, 6.07) is 25.6. The third-order valence-corrected chi connectivity index (χ3v) is 6.44. The molecule has 2 amide bonds. The largest absolute Gasteiger partial charge is 0.481 e. The number of aliphatic carboxylic acids is 1. The summed E-state index contributed by atoms with van der Waals surface area (Å²) < 4.78 is 5.55. The fourth-order valence-corrected chi connectivity index (χ4v) is 4.59. The number of nitrogens with one attached hydrogen (secondary N) is 1. The Kier molecular flexibility index (Phi) is 8.00. The molecule has 7 nitrogen and oxygen atoms in total. The van der Waals surface area contributed by atoms with Gasteiger partial charge in [-0.05, 0) is 27.8 Å². The van der Waals surface area contributed by atoms with Crippen molar-refractivity contribution < 1.29 is 24.2 Å². The van der Waals surface area contributed by atoms with Gasteiger partial charge in [0.1, 0.15) is 6.61 Å². The molecule has 0 radical (unpaired) electrons. The first-order valence-corrected chi connectivity index (χ1v) is 12.1. The lowest BCUT2D eigenvalue weighted by Crippen LogP contribution is -2.41. The predicted octanol–water partition coefficient (Wildman–Crippen LogP) is 4.66. The first-order chi connectivity index (χ1) is 17.4. The summed E-state index contributed by atoms with van der Waals surface area (Å²) in [5.74, 6) is -1.77. The number of hydrogen-bond donors (Lipinski definition) is 2. The first-order valence-electron chi connectivity index (χ1n) is 12.1. The molecule has 0 bridgehead atoms. The third kappa shape index (κ3) is 5.92. The van der Waals surface area contributed by atoms with Gasteiger partial charge in [-0.3, -0.25) is 9.59 Å². The zero-order valence-electron chi connectivity index (χ0n) is 20.2. The summed E-state index contributed by atoms with van der Waals surface area (Å²) in [4.78, 5) is 38.2. The van der Waals surface area contributed by atoms with Crippen LogP contribution in [0.15, 0.2) is 78.9 Å². The van der Waals surface area contributed by atoms with Crippen molar-refractivity contribution in [2.75, 3.05) is 19.7 Å². The molecule has 0 fully saturated rings. The number of amides is 2. The highest BCUT2D eigenvalue weighted by Crippen LogP contribution is 2.44. The highest BCUT2D eigenvalue weighted by molar-refractivity contribution is 5.81. The van der Waals surface area contributed by atoms with E-state index in [-0.39, 0.29) is 37.9 Å². The van der Waals surface area contributed by atoms with E-state index in [2.05, 4.69) is 29.6 Å². The van der Waals surface area contributed by atoms with E-state index in [0.29, 0.717) is 6.54 Å². The second-order valence-corrected chi connectivity index (χ2v) is 9.00. The van der Waals surface area contributed by atoms with Gasteiger partial charge in [0.05, 0.1) is 12.3 Å². The first kappa shape index (κ1) is 25.0. The molecule has 0 aliphatic heterocycles. The summed E-state index contributed by atoms with van der Waals surface area (Å²) in [6.45, 7) is 2.40. The zero-order chi connectivity index (χ0) is 25.5. The monoisotopic (exact) mass is 486 g/mol. The van der Waals surface area contributed by atoms with Crippen LogP contribution in [0.3, 0.4) is 0 Å². The van der Waals surface area contributed by atoms with Crippen molar-refractivity contribution in [3.63, 3.8) is 0 Å². The quantitative estimate of drug-likeness (QED) is 0.434. The van der Waals surface area contributed by atoms with Gasteiger partial charge < -0.3 is 20.1 Å². The summed E-state index contributed by atoms with van der Waals surface area (Å²) in [7, 11) is 0. The zero-order valence-corrected chi connectivity index (χ0v) is 20.2.